The molecule has 0 aliphatic heterocycles. The van der Waals surface area contributed by atoms with Crippen LogP contribution in [0.15, 0.2) is 66.9 Å². The summed E-state index contributed by atoms with van der Waals surface area (Å²) in [5.41, 5.74) is 2.21. The number of rotatable bonds is 8. The van der Waals surface area contributed by atoms with Crippen LogP contribution in [0, 0.1) is 5.41 Å². The Balaban J connectivity index is 1.79. The van der Waals surface area contributed by atoms with E-state index in [0.29, 0.717) is 12.5 Å². The molecule has 0 fully saturated rings. The first-order chi connectivity index (χ1) is 14.7. The summed E-state index contributed by atoms with van der Waals surface area (Å²) in [5, 5.41) is 12.8. The molecular weight excluding hydrogens is 390 g/mol. The number of carbonyl (C=O) groups excluding carboxylic acids is 1. The Labute approximate surface area is 183 Å². The molecule has 0 aliphatic carbocycles. The van der Waals surface area contributed by atoms with Gasteiger partial charge in [-0.1, -0.05) is 60.7 Å². The van der Waals surface area contributed by atoms with Gasteiger partial charge >= 0.3 is 5.97 Å². The number of hydrogen-bond acceptors (Lipinski definition) is 5. The highest BCUT2D eigenvalue weighted by atomic mass is 16.6. The molecule has 1 unspecified atom stereocenters. The second-order valence-corrected chi connectivity index (χ2v) is 8.50. The van der Waals surface area contributed by atoms with Crippen LogP contribution in [-0.2, 0) is 16.1 Å². The molecule has 0 saturated heterocycles. The lowest BCUT2D eigenvalue weighted by atomic mass is 10.1. The molecule has 1 heterocycles. The van der Waals surface area contributed by atoms with Crippen molar-refractivity contribution in [1.29, 1.82) is 5.41 Å². The second kappa shape index (κ2) is 9.60. The maximum Gasteiger partial charge on any atom is 0.352 e. The number of hydrogen-bond donors (Lipinski definition) is 1. The fourth-order valence-corrected chi connectivity index (χ4v) is 3.06. The zero-order chi connectivity index (χ0) is 22.4. The number of benzene rings is 2. The molecule has 1 atom stereocenters. The van der Waals surface area contributed by atoms with Crippen molar-refractivity contribution in [3.63, 3.8) is 0 Å². The lowest BCUT2D eigenvalue weighted by Gasteiger charge is -2.20. The molecule has 0 amide bonds. The molecule has 1 N–H and O–H groups in total. The summed E-state index contributed by atoms with van der Waals surface area (Å²) in [6, 6.07) is 19.6. The molecule has 0 spiro atoms. The van der Waals surface area contributed by atoms with Gasteiger partial charge in [0, 0.05) is 12.6 Å². The maximum atomic E-state index is 12.2. The van der Waals surface area contributed by atoms with Gasteiger partial charge < -0.3 is 9.47 Å². The van der Waals surface area contributed by atoms with Crippen molar-refractivity contribution in [2.75, 3.05) is 0 Å². The summed E-state index contributed by atoms with van der Waals surface area (Å²) in [6.07, 6.45) is 2.12. The number of aromatic nitrogens is 2. The van der Waals surface area contributed by atoms with E-state index in [2.05, 4.69) is 5.10 Å². The SMILES string of the molecule is CC(CC(=N)C(=O)OC(C)(C)C)n1cc(-c2ccccc2)c(OCc2ccccc2)n1. The van der Waals surface area contributed by atoms with Crippen LogP contribution in [0.5, 0.6) is 5.88 Å². The van der Waals surface area contributed by atoms with Crippen molar-refractivity contribution in [3.8, 4) is 17.0 Å². The molecule has 0 radical (unpaired) electrons. The fraction of sp³-hybridized carbons (Fsp3) is 0.320. The normalized spacial score (nSPS) is 12.3. The van der Waals surface area contributed by atoms with E-state index < -0.39 is 11.6 Å². The van der Waals surface area contributed by atoms with Gasteiger partial charge in [0.25, 0.3) is 0 Å². The van der Waals surface area contributed by atoms with Gasteiger partial charge in [-0.2, -0.15) is 0 Å². The highest BCUT2D eigenvalue weighted by molar-refractivity contribution is 6.35. The standard InChI is InChI=1S/C25H29N3O3/c1-18(15-22(26)24(29)31-25(2,3)4)28-16-21(20-13-9-6-10-14-20)23(27-28)30-17-19-11-7-5-8-12-19/h5-14,16,18,26H,15,17H2,1-4H3. The van der Waals surface area contributed by atoms with Crippen molar-refractivity contribution < 1.29 is 14.3 Å². The zero-order valence-corrected chi connectivity index (χ0v) is 18.5. The van der Waals surface area contributed by atoms with Crippen molar-refractivity contribution in [2.24, 2.45) is 0 Å². The lowest BCUT2D eigenvalue weighted by molar-refractivity contribution is -0.146. The van der Waals surface area contributed by atoms with Crippen LogP contribution in [-0.4, -0.2) is 27.1 Å². The Morgan fingerprint density at radius 3 is 2.29 bits per heavy atom. The predicted octanol–water partition coefficient (Wildman–Crippen LogP) is 5.44. The van der Waals surface area contributed by atoms with Gasteiger partial charge in [0.15, 0.2) is 0 Å². The van der Waals surface area contributed by atoms with Crippen LogP contribution in [0.4, 0.5) is 0 Å². The van der Waals surface area contributed by atoms with Crippen molar-refractivity contribution >= 4 is 11.7 Å². The van der Waals surface area contributed by atoms with Crippen LogP contribution in [0.25, 0.3) is 11.1 Å². The molecule has 162 valence electrons. The first-order valence-corrected chi connectivity index (χ1v) is 10.3. The van der Waals surface area contributed by atoms with Gasteiger partial charge in [-0.3, -0.25) is 10.1 Å². The van der Waals surface area contributed by atoms with Crippen molar-refractivity contribution in [3.05, 3.63) is 72.4 Å². The topological polar surface area (TPSA) is 77.2 Å². The van der Waals surface area contributed by atoms with E-state index in [1.807, 2.05) is 73.8 Å². The Hall–Kier alpha value is -3.41. The number of esters is 1. The van der Waals surface area contributed by atoms with E-state index in [0.717, 1.165) is 16.7 Å². The summed E-state index contributed by atoms with van der Waals surface area (Å²) < 4.78 is 13.1. The van der Waals surface area contributed by atoms with Gasteiger partial charge in [-0.05, 0) is 38.8 Å². The van der Waals surface area contributed by atoms with Gasteiger partial charge in [-0.15, -0.1) is 5.10 Å². The van der Waals surface area contributed by atoms with Crippen LogP contribution in [0.3, 0.4) is 0 Å². The van der Waals surface area contributed by atoms with Crippen LogP contribution in [0.2, 0.25) is 0 Å². The fourth-order valence-electron chi connectivity index (χ4n) is 3.06. The third-order valence-electron chi connectivity index (χ3n) is 4.60. The van der Waals surface area contributed by atoms with Gasteiger partial charge in [0.2, 0.25) is 5.88 Å². The van der Waals surface area contributed by atoms with E-state index in [1.54, 1.807) is 25.5 Å². The molecule has 1 aromatic heterocycles. The molecule has 3 rings (SSSR count). The molecule has 2 aromatic carbocycles. The highest BCUT2D eigenvalue weighted by Gasteiger charge is 2.23. The number of carbonyl (C=O) groups is 1. The summed E-state index contributed by atoms with van der Waals surface area (Å²) in [4.78, 5) is 12.2. The molecule has 6 heteroatoms. The van der Waals surface area contributed by atoms with E-state index >= 15 is 0 Å². The molecule has 0 aliphatic rings. The van der Waals surface area contributed by atoms with E-state index in [1.165, 1.54) is 0 Å². The van der Waals surface area contributed by atoms with Crippen LogP contribution in [0.1, 0.15) is 45.7 Å². The molecule has 3 aromatic rings. The predicted molar refractivity (Wildman–Crippen MR) is 121 cm³/mol. The van der Waals surface area contributed by atoms with Gasteiger partial charge in [-0.25, -0.2) is 4.79 Å². The van der Waals surface area contributed by atoms with Gasteiger partial charge in [0.1, 0.15) is 17.9 Å². The Kier molecular flexibility index (Phi) is 6.90. The number of nitrogens with one attached hydrogen (secondary N) is 1. The molecule has 31 heavy (non-hydrogen) atoms. The summed E-state index contributed by atoms with van der Waals surface area (Å²) >= 11 is 0. The summed E-state index contributed by atoms with van der Waals surface area (Å²) in [5.74, 6) is -0.0824. The highest BCUT2D eigenvalue weighted by Crippen LogP contribution is 2.31. The monoisotopic (exact) mass is 419 g/mol. The number of ether oxygens (including phenoxy) is 2. The summed E-state index contributed by atoms with van der Waals surface area (Å²) in [7, 11) is 0. The van der Waals surface area contributed by atoms with Gasteiger partial charge in [0.05, 0.1) is 11.6 Å². The first kappa shape index (κ1) is 22.3. The van der Waals surface area contributed by atoms with Crippen LogP contribution >= 0.6 is 0 Å². The van der Waals surface area contributed by atoms with Crippen LogP contribution < -0.4 is 4.74 Å². The van der Waals surface area contributed by atoms with E-state index in [-0.39, 0.29) is 18.2 Å². The summed E-state index contributed by atoms with van der Waals surface area (Å²) in [6.45, 7) is 7.69. The Morgan fingerprint density at radius 1 is 1.06 bits per heavy atom. The lowest BCUT2D eigenvalue weighted by Crippen LogP contribution is -2.29. The van der Waals surface area contributed by atoms with Crippen molar-refractivity contribution in [1.82, 2.24) is 9.78 Å². The molecule has 0 saturated carbocycles. The molecular formula is C25H29N3O3. The third-order valence-corrected chi connectivity index (χ3v) is 4.60. The van der Waals surface area contributed by atoms with E-state index in [4.69, 9.17) is 14.9 Å². The smallest absolute Gasteiger partial charge is 0.352 e. The second-order valence-electron chi connectivity index (χ2n) is 8.50. The number of nitrogens with zero attached hydrogens (tertiary/aromatic N) is 2. The minimum Gasteiger partial charge on any atom is -0.471 e. The van der Waals surface area contributed by atoms with E-state index in [9.17, 15) is 4.79 Å². The first-order valence-electron chi connectivity index (χ1n) is 10.3. The largest absolute Gasteiger partial charge is 0.471 e. The average molecular weight is 420 g/mol. The third kappa shape index (κ3) is 6.28. The minimum absolute atomic E-state index is 0.0778. The minimum atomic E-state index is -0.628. The quantitative estimate of drug-likeness (QED) is 0.389. The van der Waals surface area contributed by atoms with Crippen molar-refractivity contribution in [2.45, 2.75) is 52.4 Å². The average Bonchev–Trinajstić information content (AvgIpc) is 3.17. The Bertz CT molecular complexity index is 1020. The zero-order valence-electron chi connectivity index (χ0n) is 18.5. The maximum absolute atomic E-state index is 12.2. The Morgan fingerprint density at radius 2 is 1.68 bits per heavy atom. The molecule has 0 bridgehead atoms. The molecule has 6 nitrogen and oxygen atoms in total.